The fourth-order valence-corrected chi connectivity index (χ4v) is 1.82. The lowest BCUT2D eigenvalue weighted by Crippen LogP contribution is -2.37. The average Bonchev–Trinajstić information content (AvgIpc) is 2.31. The van der Waals surface area contributed by atoms with Crippen molar-refractivity contribution >= 4 is 41.5 Å². The van der Waals surface area contributed by atoms with Crippen LogP contribution in [0.1, 0.15) is 12.5 Å². The Morgan fingerprint density at radius 3 is 2.39 bits per heavy atom. The van der Waals surface area contributed by atoms with Gasteiger partial charge in [0.1, 0.15) is 0 Å². The van der Waals surface area contributed by atoms with E-state index in [0.29, 0.717) is 22.2 Å². The Morgan fingerprint density at radius 1 is 1.33 bits per heavy atom. The molecule has 1 atom stereocenters. The molecule has 0 bridgehead atoms. The van der Waals surface area contributed by atoms with E-state index >= 15 is 0 Å². The first-order valence-corrected chi connectivity index (χ1v) is 6.17. The predicted molar refractivity (Wildman–Crippen MR) is 78.9 cm³/mol. The van der Waals surface area contributed by atoms with Crippen molar-refractivity contribution in [2.45, 2.75) is 19.4 Å². The number of amides is 1. The van der Waals surface area contributed by atoms with Crippen molar-refractivity contribution in [1.29, 1.82) is 0 Å². The van der Waals surface area contributed by atoms with Gasteiger partial charge in [0.2, 0.25) is 5.91 Å². The normalized spacial score (nSPS) is 11.6. The SMILES string of the molecule is CNC(C)CNC(=O)Cc1c(Cl)cccc1Cl.Cl. The molecule has 2 N–H and O–H groups in total. The van der Waals surface area contributed by atoms with Crippen LogP contribution in [0, 0.1) is 0 Å². The van der Waals surface area contributed by atoms with Crippen LogP contribution >= 0.6 is 35.6 Å². The third kappa shape index (κ3) is 5.44. The largest absolute Gasteiger partial charge is 0.354 e. The molecule has 0 aliphatic carbocycles. The van der Waals surface area contributed by atoms with E-state index in [1.807, 2.05) is 14.0 Å². The minimum Gasteiger partial charge on any atom is -0.354 e. The van der Waals surface area contributed by atoms with Crippen LogP contribution in [0.3, 0.4) is 0 Å². The molecule has 1 rings (SSSR count). The Kier molecular flexibility index (Phi) is 8.36. The number of halogens is 3. The van der Waals surface area contributed by atoms with Gasteiger partial charge in [-0.1, -0.05) is 29.3 Å². The summed E-state index contributed by atoms with van der Waals surface area (Å²) in [5.74, 6) is -0.0814. The highest BCUT2D eigenvalue weighted by Crippen LogP contribution is 2.24. The molecule has 1 unspecified atom stereocenters. The lowest BCUT2D eigenvalue weighted by molar-refractivity contribution is -0.120. The first-order chi connectivity index (χ1) is 8.04. The zero-order chi connectivity index (χ0) is 12.8. The van der Waals surface area contributed by atoms with Crippen molar-refractivity contribution in [2.75, 3.05) is 13.6 Å². The topological polar surface area (TPSA) is 41.1 Å². The molecule has 0 radical (unpaired) electrons. The molecule has 0 saturated carbocycles. The van der Waals surface area contributed by atoms with E-state index in [-0.39, 0.29) is 30.8 Å². The maximum atomic E-state index is 11.7. The fraction of sp³-hybridized carbons (Fsp3) is 0.417. The molecule has 1 amide bonds. The lowest BCUT2D eigenvalue weighted by Gasteiger charge is -2.12. The summed E-state index contributed by atoms with van der Waals surface area (Å²) in [6, 6.07) is 5.45. The van der Waals surface area contributed by atoms with Crippen LogP contribution in [-0.2, 0) is 11.2 Å². The zero-order valence-corrected chi connectivity index (χ0v) is 12.6. The molecule has 1 aromatic carbocycles. The van der Waals surface area contributed by atoms with E-state index in [4.69, 9.17) is 23.2 Å². The summed E-state index contributed by atoms with van der Waals surface area (Å²) >= 11 is 12.0. The Labute approximate surface area is 124 Å². The summed E-state index contributed by atoms with van der Waals surface area (Å²) in [7, 11) is 1.85. The second-order valence-electron chi connectivity index (χ2n) is 3.87. The highest BCUT2D eigenvalue weighted by Gasteiger charge is 2.11. The summed E-state index contributed by atoms with van der Waals surface area (Å²) in [6.45, 7) is 2.57. The number of likely N-dealkylation sites (N-methyl/N-ethyl adjacent to an activating group) is 1. The van der Waals surface area contributed by atoms with Crippen LogP contribution < -0.4 is 10.6 Å². The first-order valence-electron chi connectivity index (χ1n) is 5.41. The highest BCUT2D eigenvalue weighted by atomic mass is 35.5. The molecule has 18 heavy (non-hydrogen) atoms. The van der Waals surface area contributed by atoms with Gasteiger partial charge in [-0.2, -0.15) is 0 Å². The minimum absolute atomic E-state index is 0. The molecule has 0 saturated heterocycles. The van der Waals surface area contributed by atoms with Gasteiger partial charge in [-0.15, -0.1) is 12.4 Å². The van der Waals surface area contributed by atoms with Gasteiger partial charge >= 0.3 is 0 Å². The summed E-state index contributed by atoms with van der Waals surface area (Å²) < 4.78 is 0. The monoisotopic (exact) mass is 310 g/mol. The molecule has 1 aromatic rings. The molecular formula is C12H17Cl3N2O. The number of carbonyl (C=O) groups excluding carboxylic acids is 1. The Morgan fingerprint density at radius 2 is 1.89 bits per heavy atom. The Balaban J connectivity index is 0.00000289. The van der Waals surface area contributed by atoms with E-state index in [0.717, 1.165) is 0 Å². The molecule has 6 heteroatoms. The van der Waals surface area contributed by atoms with Crippen molar-refractivity contribution in [3.8, 4) is 0 Å². The van der Waals surface area contributed by atoms with Gasteiger partial charge in [0.05, 0.1) is 6.42 Å². The van der Waals surface area contributed by atoms with Crippen LogP contribution in [-0.4, -0.2) is 25.5 Å². The van der Waals surface area contributed by atoms with Gasteiger partial charge in [-0.05, 0) is 31.7 Å². The number of hydrogen-bond acceptors (Lipinski definition) is 2. The van der Waals surface area contributed by atoms with Gasteiger partial charge in [0.15, 0.2) is 0 Å². The third-order valence-electron chi connectivity index (χ3n) is 2.50. The first kappa shape index (κ1) is 17.5. The molecule has 0 fully saturated rings. The average molecular weight is 312 g/mol. The maximum Gasteiger partial charge on any atom is 0.224 e. The van der Waals surface area contributed by atoms with Crippen molar-refractivity contribution < 1.29 is 4.79 Å². The molecule has 0 aliphatic heterocycles. The van der Waals surface area contributed by atoms with Crippen LogP contribution in [0.4, 0.5) is 0 Å². The minimum atomic E-state index is -0.0814. The number of hydrogen-bond donors (Lipinski definition) is 2. The van der Waals surface area contributed by atoms with Gasteiger partial charge in [0, 0.05) is 22.6 Å². The number of benzene rings is 1. The van der Waals surface area contributed by atoms with Crippen molar-refractivity contribution in [2.24, 2.45) is 0 Å². The van der Waals surface area contributed by atoms with Gasteiger partial charge in [-0.3, -0.25) is 4.79 Å². The van der Waals surface area contributed by atoms with Crippen LogP contribution in [0.2, 0.25) is 10.0 Å². The lowest BCUT2D eigenvalue weighted by atomic mass is 10.1. The third-order valence-corrected chi connectivity index (χ3v) is 3.21. The van der Waals surface area contributed by atoms with Gasteiger partial charge < -0.3 is 10.6 Å². The number of carbonyl (C=O) groups is 1. The summed E-state index contributed by atoms with van der Waals surface area (Å²) in [5, 5.41) is 6.90. The number of rotatable bonds is 5. The predicted octanol–water partition coefficient (Wildman–Crippen LogP) is 2.68. The van der Waals surface area contributed by atoms with Crippen LogP contribution in [0.5, 0.6) is 0 Å². The van der Waals surface area contributed by atoms with Gasteiger partial charge in [0.25, 0.3) is 0 Å². The zero-order valence-electron chi connectivity index (χ0n) is 10.3. The second-order valence-corrected chi connectivity index (χ2v) is 4.69. The van der Waals surface area contributed by atoms with Crippen LogP contribution in [0.25, 0.3) is 0 Å². The van der Waals surface area contributed by atoms with E-state index in [9.17, 15) is 4.79 Å². The standard InChI is InChI=1S/C12H16Cl2N2O.ClH/c1-8(15-2)7-16-12(17)6-9-10(13)4-3-5-11(9)14;/h3-5,8,15H,6-7H2,1-2H3,(H,16,17);1H. The fourth-order valence-electron chi connectivity index (χ4n) is 1.29. The molecule has 0 spiro atoms. The molecular weight excluding hydrogens is 295 g/mol. The van der Waals surface area contributed by atoms with E-state index in [1.165, 1.54) is 0 Å². The van der Waals surface area contributed by atoms with Gasteiger partial charge in [-0.25, -0.2) is 0 Å². The second kappa shape index (κ2) is 8.59. The highest BCUT2D eigenvalue weighted by molar-refractivity contribution is 6.36. The Hall–Kier alpha value is -0.480. The molecule has 0 aromatic heterocycles. The molecule has 0 heterocycles. The summed E-state index contributed by atoms with van der Waals surface area (Å²) in [4.78, 5) is 11.7. The van der Waals surface area contributed by atoms with Crippen molar-refractivity contribution in [3.05, 3.63) is 33.8 Å². The maximum absolute atomic E-state index is 11.7. The summed E-state index contributed by atoms with van der Waals surface area (Å²) in [5.41, 5.74) is 0.672. The molecule has 0 aliphatic rings. The quantitative estimate of drug-likeness (QED) is 0.878. The van der Waals surface area contributed by atoms with Crippen molar-refractivity contribution in [3.63, 3.8) is 0 Å². The Bertz CT molecular complexity index is 379. The van der Waals surface area contributed by atoms with E-state index < -0.39 is 0 Å². The van der Waals surface area contributed by atoms with E-state index in [1.54, 1.807) is 18.2 Å². The number of nitrogens with one attached hydrogen (secondary N) is 2. The molecule has 102 valence electrons. The van der Waals surface area contributed by atoms with Crippen molar-refractivity contribution in [1.82, 2.24) is 10.6 Å². The smallest absolute Gasteiger partial charge is 0.224 e. The molecule has 3 nitrogen and oxygen atoms in total. The van der Waals surface area contributed by atoms with Crippen LogP contribution in [0.15, 0.2) is 18.2 Å². The van der Waals surface area contributed by atoms with E-state index in [2.05, 4.69) is 10.6 Å². The summed E-state index contributed by atoms with van der Waals surface area (Å²) in [6.07, 6.45) is 0.203.